The van der Waals surface area contributed by atoms with Gasteiger partial charge in [0, 0.05) is 17.0 Å². The molecule has 0 unspecified atom stereocenters. The van der Waals surface area contributed by atoms with E-state index in [4.69, 9.17) is 0 Å². The minimum absolute atomic E-state index is 0.0457. The molecule has 3 rings (SSSR count). The summed E-state index contributed by atoms with van der Waals surface area (Å²) in [6, 6.07) is 7.79. The second kappa shape index (κ2) is 7.36. The van der Waals surface area contributed by atoms with E-state index in [1.807, 2.05) is 32.2 Å². The Morgan fingerprint density at radius 1 is 1.11 bits per heavy atom. The van der Waals surface area contributed by atoms with Crippen LogP contribution in [0.25, 0.3) is 11.3 Å². The highest BCUT2D eigenvalue weighted by atomic mass is 32.2. The fourth-order valence-electron chi connectivity index (χ4n) is 2.67. The second-order valence-corrected chi connectivity index (χ2v) is 9.10. The lowest BCUT2D eigenvalue weighted by molar-refractivity contribution is 0.582. The van der Waals surface area contributed by atoms with Gasteiger partial charge in [-0.2, -0.15) is 0 Å². The van der Waals surface area contributed by atoms with Crippen LogP contribution in [0.15, 0.2) is 46.7 Å². The number of rotatable bonds is 5. The van der Waals surface area contributed by atoms with E-state index in [9.17, 15) is 17.2 Å². The molecule has 1 heterocycles. The third-order valence-corrected chi connectivity index (χ3v) is 6.21. The van der Waals surface area contributed by atoms with Crippen LogP contribution in [0.3, 0.4) is 0 Å². The lowest BCUT2D eigenvalue weighted by atomic mass is 10.0. The topological polar surface area (TPSA) is 59.1 Å². The Bertz CT molecular complexity index is 1090. The van der Waals surface area contributed by atoms with E-state index < -0.39 is 21.7 Å². The first-order chi connectivity index (χ1) is 12.7. The summed E-state index contributed by atoms with van der Waals surface area (Å²) < 4.78 is 55.2. The number of halogens is 2. The quantitative estimate of drug-likeness (QED) is 0.621. The van der Waals surface area contributed by atoms with Crippen LogP contribution in [0.4, 0.5) is 14.5 Å². The monoisotopic (exact) mass is 408 g/mol. The Balaban J connectivity index is 2.09. The standard InChI is InChI=1S/C19H18F2N2O2S2/c1-11(2)15-6-4-13(18-10-26-12(3)22-18)8-19(15)27(24,25)23-17-7-5-14(20)9-16(17)21/h4-11,23H,1-3H3. The molecule has 0 aliphatic heterocycles. The van der Waals surface area contributed by atoms with Gasteiger partial charge in [-0.15, -0.1) is 11.3 Å². The molecular formula is C19H18F2N2O2S2. The number of anilines is 1. The van der Waals surface area contributed by atoms with Gasteiger partial charge >= 0.3 is 0 Å². The number of nitrogens with zero attached hydrogens (tertiary/aromatic N) is 1. The van der Waals surface area contributed by atoms with Gasteiger partial charge in [0.25, 0.3) is 10.0 Å². The van der Waals surface area contributed by atoms with Gasteiger partial charge in [-0.25, -0.2) is 22.2 Å². The summed E-state index contributed by atoms with van der Waals surface area (Å²) in [4.78, 5) is 4.43. The summed E-state index contributed by atoms with van der Waals surface area (Å²) >= 11 is 1.47. The lowest BCUT2D eigenvalue weighted by Crippen LogP contribution is -2.16. The highest BCUT2D eigenvalue weighted by molar-refractivity contribution is 7.92. The van der Waals surface area contributed by atoms with Crippen molar-refractivity contribution in [3.63, 3.8) is 0 Å². The maximum absolute atomic E-state index is 13.9. The van der Waals surface area contributed by atoms with Crippen molar-refractivity contribution in [3.05, 3.63) is 64.0 Å². The molecule has 3 aromatic rings. The van der Waals surface area contributed by atoms with E-state index in [1.54, 1.807) is 6.07 Å². The van der Waals surface area contributed by atoms with Crippen molar-refractivity contribution < 1.29 is 17.2 Å². The zero-order chi connectivity index (χ0) is 19.8. The van der Waals surface area contributed by atoms with Crippen LogP contribution in [0.5, 0.6) is 0 Å². The summed E-state index contributed by atoms with van der Waals surface area (Å²) in [6.45, 7) is 5.62. The molecule has 0 fully saturated rings. The van der Waals surface area contributed by atoms with Crippen molar-refractivity contribution >= 4 is 27.0 Å². The Kier molecular flexibility index (Phi) is 5.30. The first-order valence-corrected chi connectivity index (χ1v) is 10.6. The number of hydrogen-bond acceptors (Lipinski definition) is 4. The van der Waals surface area contributed by atoms with Crippen molar-refractivity contribution in [2.24, 2.45) is 0 Å². The van der Waals surface area contributed by atoms with Gasteiger partial charge in [-0.1, -0.05) is 26.0 Å². The molecule has 142 valence electrons. The predicted molar refractivity (Wildman–Crippen MR) is 104 cm³/mol. The Labute approximate surface area is 161 Å². The number of hydrogen-bond donors (Lipinski definition) is 1. The molecule has 2 aromatic carbocycles. The average Bonchev–Trinajstić information content (AvgIpc) is 3.03. The zero-order valence-electron chi connectivity index (χ0n) is 15.0. The van der Waals surface area contributed by atoms with Crippen LogP contribution in [-0.2, 0) is 10.0 Å². The summed E-state index contributed by atoms with van der Waals surface area (Å²) in [5, 5.41) is 2.72. The molecule has 1 N–H and O–H groups in total. The van der Waals surface area contributed by atoms with Crippen molar-refractivity contribution in [2.45, 2.75) is 31.6 Å². The van der Waals surface area contributed by atoms with E-state index in [0.29, 0.717) is 22.9 Å². The predicted octanol–water partition coefficient (Wildman–Crippen LogP) is 5.32. The minimum Gasteiger partial charge on any atom is -0.277 e. The van der Waals surface area contributed by atoms with Gasteiger partial charge in [-0.05, 0) is 36.6 Å². The van der Waals surface area contributed by atoms with Crippen LogP contribution in [0.1, 0.15) is 30.3 Å². The molecule has 0 bridgehead atoms. The highest BCUT2D eigenvalue weighted by Gasteiger charge is 2.23. The maximum atomic E-state index is 13.9. The van der Waals surface area contributed by atoms with Gasteiger partial charge in [0.15, 0.2) is 0 Å². The third kappa shape index (κ3) is 4.17. The SMILES string of the molecule is Cc1nc(-c2ccc(C(C)C)c(S(=O)(=O)Nc3ccc(F)cc3F)c2)cs1. The number of benzene rings is 2. The summed E-state index contributed by atoms with van der Waals surface area (Å²) in [6.07, 6.45) is 0. The second-order valence-electron chi connectivity index (χ2n) is 6.39. The number of aryl methyl sites for hydroxylation is 1. The number of nitrogens with one attached hydrogen (secondary N) is 1. The molecular weight excluding hydrogens is 390 g/mol. The molecule has 0 saturated heterocycles. The zero-order valence-corrected chi connectivity index (χ0v) is 16.6. The minimum atomic E-state index is -4.08. The van der Waals surface area contributed by atoms with Crippen LogP contribution in [0.2, 0.25) is 0 Å². The van der Waals surface area contributed by atoms with Crippen LogP contribution >= 0.6 is 11.3 Å². The molecule has 4 nitrogen and oxygen atoms in total. The molecule has 8 heteroatoms. The maximum Gasteiger partial charge on any atom is 0.262 e. The van der Waals surface area contributed by atoms with E-state index in [2.05, 4.69) is 9.71 Å². The largest absolute Gasteiger partial charge is 0.277 e. The molecule has 0 aliphatic rings. The smallest absolute Gasteiger partial charge is 0.262 e. The Morgan fingerprint density at radius 2 is 1.85 bits per heavy atom. The van der Waals surface area contributed by atoms with E-state index in [1.165, 1.54) is 17.4 Å². The first kappa shape index (κ1) is 19.4. The lowest BCUT2D eigenvalue weighted by Gasteiger charge is -2.16. The van der Waals surface area contributed by atoms with Gasteiger partial charge in [0.2, 0.25) is 0 Å². The average molecular weight is 408 g/mol. The Hall–Kier alpha value is -2.32. The highest BCUT2D eigenvalue weighted by Crippen LogP contribution is 2.31. The van der Waals surface area contributed by atoms with Crippen molar-refractivity contribution in [3.8, 4) is 11.3 Å². The molecule has 0 radical (unpaired) electrons. The molecule has 0 spiro atoms. The number of aromatic nitrogens is 1. The number of sulfonamides is 1. The first-order valence-electron chi connectivity index (χ1n) is 8.21. The number of thiazole rings is 1. The molecule has 27 heavy (non-hydrogen) atoms. The fraction of sp³-hybridized carbons (Fsp3) is 0.211. The summed E-state index contributed by atoms with van der Waals surface area (Å²) in [7, 11) is -4.08. The van der Waals surface area contributed by atoms with Crippen LogP contribution in [0, 0.1) is 18.6 Å². The van der Waals surface area contributed by atoms with Gasteiger partial charge < -0.3 is 0 Å². The third-order valence-electron chi connectivity index (χ3n) is 4.02. The molecule has 0 amide bonds. The van der Waals surface area contributed by atoms with Crippen molar-refractivity contribution in [1.29, 1.82) is 0 Å². The van der Waals surface area contributed by atoms with E-state index in [0.717, 1.165) is 17.1 Å². The Morgan fingerprint density at radius 3 is 2.44 bits per heavy atom. The van der Waals surface area contributed by atoms with Crippen LogP contribution < -0.4 is 4.72 Å². The normalized spacial score (nSPS) is 11.8. The molecule has 0 atom stereocenters. The van der Waals surface area contributed by atoms with E-state index >= 15 is 0 Å². The molecule has 0 aliphatic carbocycles. The molecule has 1 aromatic heterocycles. The van der Waals surface area contributed by atoms with Gasteiger partial charge in [0.05, 0.1) is 21.3 Å². The van der Waals surface area contributed by atoms with Gasteiger partial charge in [0.1, 0.15) is 11.6 Å². The van der Waals surface area contributed by atoms with Crippen LogP contribution in [-0.4, -0.2) is 13.4 Å². The summed E-state index contributed by atoms with van der Waals surface area (Å²) in [5.41, 5.74) is 1.63. The van der Waals surface area contributed by atoms with E-state index in [-0.39, 0.29) is 16.5 Å². The summed E-state index contributed by atoms with van der Waals surface area (Å²) in [5.74, 6) is -1.82. The van der Waals surface area contributed by atoms with Gasteiger partial charge in [-0.3, -0.25) is 4.72 Å². The van der Waals surface area contributed by atoms with Crippen molar-refractivity contribution in [1.82, 2.24) is 4.98 Å². The fourth-order valence-corrected chi connectivity index (χ4v) is 4.75. The van der Waals surface area contributed by atoms with Crippen molar-refractivity contribution in [2.75, 3.05) is 4.72 Å². The molecule has 0 saturated carbocycles.